The van der Waals surface area contributed by atoms with E-state index < -0.39 is 16.0 Å². The van der Waals surface area contributed by atoms with Crippen LogP contribution in [0.2, 0.25) is 0 Å². The summed E-state index contributed by atoms with van der Waals surface area (Å²) in [7, 11) is -3.64. The van der Waals surface area contributed by atoms with Crippen LogP contribution in [0.3, 0.4) is 0 Å². The van der Waals surface area contributed by atoms with Gasteiger partial charge in [-0.05, 0) is 56.4 Å². The molecule has 2 rings (SSSR count). The first kappa shape index (κ1) is 16.0. The summed E-state index contributed by atoms with van der Waals surface area (Å²) in [4.78, 5) is 11.3. The first-order chi connectivity index (χ1) is 9.78. The molecular formula is C15H21NO4S. The highest BCUT2D eigenvalue weighted by atomic mass is 32.2. The second-order valence-electron chi connectivity index (χ2n) is 5.54. The van der Waals surface area contributed by atoms with Crippen LogP contribution in [0.25, 0.3) is 0 Å². The van der Waals surface area contributed by atoms with Crippen molar-refractivity contribution in [3.05, 3.63) is 28.8 Å². The van der Waals surface area contributed by atoms with Gasteiger partial charge < -0.3 is 5.11 Å². The molecular weight excluding hydrogens is 290 g/mol. The fraction of sp³-hybridized carbons (Fsp3) is 0.533. The van der Waals surface area contributed by atoms with Gasteiger partial charge in [0.15, 0.2) is 0 Å². The molecule has 6 heteroatoms. The van der Waals surface area contributed by atoms with Gasteiger partial charge in [0.05, 0.1) is 10.5 Å². The van der Waals surface area contributed by atoms with Crippen LogP contribution in [-0.2, 0) is 10.0 Å². The molecule has 0 saturated carbocycles. The Hall–Kier alpha value is -1.40. The van der Waals surface area contributed by atoms with Crippen LogP contribution >= 0.6 is 0 Å². The standard InChI is InChI=1S/C15H21NO4S/c1-4-13-6-5-7-16(13)21(19,20)14-9-12(15(17)18)8-10(2)11(14)3/h8-9,13H,4-7H2,1-3H3,(H,17,18). The number of rotatable bonds is 4. The van der Waals surface area contributed by atoms with E-state index in [9.17, 15) is 13.2 Å². The van der Waals surface area contributed by atoms with Gasteiger partial charge in [0.25, 0.3) is 0 Å². The molecule has 1 heterocycles. The highest BCUT2D eigenvalue weighted by molar-refractivity contribution is 7.89. The Balaban J connectivity index is 2.56. The maximum Gasteiger partial charge on any atom is 0.335 e. The molecule has 1 unspecified atom stereocenters. The van der Waals surface area contributed by atoms with Gasteiger partial charge in [-0.25, -0.2) is 13.2 Å². The lowest BCUT2D eigenvalue weighted by atomic mass is 10.1. The molecule has 1 saturated heterocycles. The molecule has 5 nitrogen and oxygen atoms in total. The van der Waals surface area contributed by atoms with E-state index >= 15 is 0 Å². The quantitative estimate of drug-likeness (QED) is 0.927. The number of carbonyl (C=O) groups is 1. The largest absolute Gasteiger partial charge is 0.478 e. The molecule has 1 aromatic carbocycles. The van der Waals surface area contributed by atoms with Crippen LogP contribution in [0.1, 0.15) is 47.7 Å². The van der Waals surface area contributed by atoms with E-state index in [2.05, 4.69) is 0 Å². The lowest BCUT2D eigenvalue weighted by molar-refractivity contribution is 0.0696. The van der Waals surface area contributed by atoms with E-state index in [0.717, 1.165) is 19.3 Å². The summed E-state index contributed by atoms with van der Waals surface area (Å²) < 4.78 is 27.3. The molecule has 1 fully saturated rings. The molecule has 116 valence electrons. The van der Waals surface area contributed by atoms with Crippen LogP contribution in [0.15, 0.2) is 17.0 Å². The van der Waals surface area contributed by atoms with Crippen LogP contribution in [-0.4, -0.2) is 36.4 Å². The van der Waals surface area contributed by atoms with E-state index in [4.69, 9.17) is 5.11 Å². The normalized spacial score (nSPS) is 19.9. The highest BCUT2D eigenvalue weighted by Crippen LogP contribution is 2.30. The molecule has 21 heavy (non-hydrogen) atoms. The van der Waals surface area contributed by atoms with E-state index in [-0.39, 0.29) is 16.5 Å². The number of nitrogens with zero attached hydrogens (tertiary/aromatic N) is 1. The van der Waals surface area contributed by atoms with Crippen LogP contribution in [0.4, 0.5) is 0 Å². The Morgan fingerprint density at radius 1 is 1.38 bits per heavy atom. The minimum Gasteiger partial charge on any atom is -0.478 e. The third-order valence-corrected chi connectivity index (χ3v) is 6.33. The first-order valence-electron chi connectivity index (χ1n) is 7.15. The van der Waals surface area contributed by atoms with E-state index in [1.165, 1.54) is 16.4 Å². The van der Waals surface area contributed by atoms with Gasteiger partial charge >= 0.3 is 5.97 Å². The molecule has 0 aromatic heterocycles. The summed E-state index contributed by atoms with van der Waals surface area (Å²) in [6, 6.07) is 2.81. The number of benzene rings is 1. The zero-order valence-corrected chi connectivity index (χ0v) is 13.4. The third-order valence-electron chi connectivity index (χ3n) is 4.25. The second-order valence-corrected chi connectivity index (χ2v) is 7.40. The lowest BCUT2D eigenvalue weighted by Gasteiger charge is -2.24. The van der Waals surface area contributed by atoms with Crippen molar-refractivity contribution in [2.45, 2.75) is 51.0 Å². The number of hydrogen-bond donors (Lipinski definition) is 1. The molecule has 0 spiro atoms. The topological polar surface area (TPSA) is 74.7 Å². The molecule has 1 aromatic rings. The van der Waals surface area contributed by atoms with Gasteiger partial charge in [-0.15, -0.1) is 0 Å². The summed E-state index contributed by atoms with van der Waals surface area (Å²) >= 11 is 0. The molecule has 0 radical (unpaired) electrons. The predicted molar refractivity (Wildman–Crippen MR) is 80.1 cm³/mol. The van der Waals surface area contributed by atoms with Crippen molar-refractivity contribution in [3.63, 3.8) is 0 Å². The van der Waals surface area contributed by atoms with Crippen LogP contribution in [0.5, 0.6) is 0 Å². The number of sulfonamides is 1. The fourth-order valence-electron chi connectivity index (χ4n) is 2.88. The summed E-state index contributed by atoms with van der Waals surface area (Å²) in [6.07, 6.45) is 2.50. The average molecular weight is 311 g/mol. The van der Waals surface area contributed by atoms with E-state index in [0.29, 0.717) is 17.7 Å². The van der Waals surface area contributed by atoms with Gasteiger partial charge in [-0.1, -0.05) is 6.92 Å². The van der Waals surface area contributed by atoms with Crippen LogP contribution < -0.4 is 0 Å². The first-order valence-corrected chi connectivity index (χ1v) is 8.59. The monoisotopic (exact) mass is 311 g/mol. The van der Waals surface area contributed by atoms with Gasteiger partial charge in [0, 0.05) is 12.6 Å². The van der Waals surface area contributed by atoms with Crippen molar-refractivity contribution < 1.29 is 18.3 Å². The molecule has 1 aliphatic rings. The summed E-state index contributed by atoms with van der Waals surface area (Å²) in [6.45, 7) is 5.95. The smallest absolute Gasteiger partial charge is 0.335 e. The number of carboxylic acid groups (broad SMARTS) is 1. The van der Waals surface area contributed by atoms with E-state index in [1.807, 2.05) is 6.92 Å². The lowest BCUT2D eigenvalue weighted by Crippen LogP contribution is -2.35. The Morgan fingerprint density at radius 3 is 2.62 bits per heavy atom. The summed E-state index contributed by atoms with van der Waals surface area (Å²) in [5, 5.41) is 9.15. The Kier molecular flexibility index (Phi) is 4.39. The van der Waals surface area contributed by atoms with Gasteiger partial charge in [0.1, 0.15) is 0 Å². The third kappa shape index (κ3) is 2.82. The fourth-order valence-corrected chi connectivity index (χ4v) is 4.97. The van der Waals surface area contributed by atoms with Crippen molar-refractivity contribution >= 4 is 16.0 Å². The number of carboxylic acids is 1. The SMILES string of the molecule is CCC1CCCN1S(=O)(=O)c1cc(C(=O)O)cc(C)c1C. The van der Waals surface area contributed by atoms with Crippen molar-refractivity contribution in [2.75, 3.05) is 6.54 Å². The maximum atomic E-state index is 12.9. The zero-order valence-electron chi connectivity index (χ0n) is 12.6. The Bertz CT molecular complexity index is 666. The molecule has 1 aliphatic heterocycles. The van der Waals surface area contributed by atoms with Gasteiger partial charge in [0.2, 0.25) is 10.0 Å². The van der Waals surface area contributed by atoms with Gasteiger partial charge in [-0.3, -0.25) is 0 Å². The Morgan fingerprint density at radius 2 is 2.05 bits per heavy atom. The molecule has 0 bridgehead atoms. The van der Waals surface area contributed by atoms with Crippen molar-refractivity contribution in [3.8, 4) is 0 Å². The molecule has 1 N–H and O–H groups in total. The Labute approximate surface area is 125 Å². The molecule has 1 atom stereocenters. The molecule has 0 aliphatic carbocycles. The van der Waals surface area contributed by atoms with Crippen molar-refractivity contribution in [1.29, 1.82) is 0 Å². The molecule has 0 amide bonds. The second kappa shape index (κ2) is 5.77. The average Bonchev–Trinajstić information content (AvgIpc) is 2.90. The summed E-state index contributed by atoms with van der Waals surface area (Å²) in [5.74, 6) is -1.11. The van der Waals surface area contributed by atoms with Gasteiger partial charge in [-0.2, -0.15) is 4.31 Å². The highest BCUT2D eigenvalue weighted by Gasteiger charge is 2.35. The van der Waals surface area contributed by atoms with Crippen molar-refractivity contribution in [1.82, 2.24) is 4.31 Å². The zero-order chi connectivity index (χ0) is 15.8. The van der Waals surface area contributed by atoms with E-state index in [1.54, 1.807) is 13.8 Å². The minimum atomic E-state index is -3.64. The van der Waals surface area contributed by atoms with Crippen molar-refractivity contribution in [2.24, 2.45) is 0 Å². The number of aromatic carboxylic acids is 1. The maximum absolute atomic E-state index is 12.9. The van der Waals surface area contributed by atoms with Crippen LogP contribution in [0, 0.1) is 13.8 Å². The number of hydrogen-bond acceptors (Lipinski definition) is 3. The minimum absolute atomic E-state index is 0.0168. The predicted octanol–water partition coefficient (Wildman–Crippen LogP) is 2.56. The summed E-state index contributed by atoms with van der Waals surface area (Å²) in [5.41, 5.74) is 1.33. The number of aryl methyl sites for hydroxylation is 1.